The molecule has 0 spiro atoms. The third kappa shape index (κ3) is 5.98. The minimum atomic E-state index is 0.263. The Bertz CT molecular complexity index is 766. The predicted octanol–water partition coefficient (Wildman–Crippen LogP) is 2.18. The summed E-state index contributed by atoms with van der Waals surface area (Å²) in [5, 5.41) is 7.76. The molecule has 0 amide bonds. The number of ether oxygens (including phenoxy) is 1. The van der Waals surface area contributed by atoms with Crippen molar-refractivity contribution in [3.8, 4) is 5.75 Å². The molecule has 1 heterocycles. The maximum absolute atomic E-state index is 5.25. The number of hydrazone groups is 1. The van der Waals surface area contributed by atoms with E-state index in [0.29, 0.717) is 16.6 Å². The molecular formula is C16H18N6OS2. The van der Waals surface area contributed by atoms with E-state index >= 15 is 0 Å². The van der Waals surface area contributed by atoms with Crippen molar-refractivity contribution in [1.82, 2.24) is 21.3 Å². The third-order valence-electron chi connectivity index (χ3n) is 3.01. The molecule has 0 aliphatic heterocycles. The average Bonchev–Trinajstić information content (AvgIpc) is 2.65. The highest BCUT2D eigenvalue weighted by molar-refractivity contribution is 7.80. The summed E-state index contributed by atoms with van der Waals surface area (Å²) in [4.78, 5) is 4.20. The SMILES string of the molecule is COc1ccccc1NC(=S)NNC(=S)N/N=C(\C)c1ccccn1. The quantitative estimate of drug-likeness (QED) is 0.368. The number of methoxy groups -OCH3 is 1. The van der Waals surface area contributed by atoms with Crippen LogP contribution in [0.25, 0.3) is 0 Å². The largest absolute Gasteiger partial charge is 0.495 e. The average molecular weight is 374 g/mol. The molecule has 0 saturated heterocycles. The van der Waals surface area contributed by atoms with Crippen LogP contribution in [0.4, 0.5) is 5.69 Å². The van der Waals surface area contributed by atoms with E-state index in [1.165, 1.54) is 0 Å². The first-order valence-electron chi connectivity index (χ1n) is 7.32. The summed E-state index contributed by atoms with van der Waals surface area (Å²) in [6, 6.07) is 13.0. The summed E-state index contributed by atoms with van der Waals surface area (Å²) >= 11 is 10.3. The molecule has 130 valence electrons. The van der Waals surface area contributed by atoms with Gasteiger partial charge in [0, 0.05) is 6.20 Å². The van der Waals surface area contributed by atoms with Crippen LogP contribution in [0.2, 0.25) is 0 Å². The molecule has 9 heteroatoms. The molecule has 1 aromatic heterocycles. The number of thiocarbonyl (C=S) groups is 2. The Morgan fingerprint density at radius 1 is 1.04 bits per heavy atom. The highest BCUT2D eigenvalue weighted by Crippen LogP contribution is 2.22. The number of aromatic nitrogens is 1. The molecule has 2 rings (SSSR count). The standard InChI is InChI=1S/C16H18N6OS2/c1-11(12-7-5-6-10-17-12)19-21-16(25)22-20-15(24)18-13-8-3-4-9-14(13)23-2/h3-10H,1-2H3,(H2,18,20,24)(H2,21,22,25)/b19-11+. The Morgan fingerprint density at radius 3 is 2.48 bits per heavy atom. The van der Waals surface area contributed by atoms with Gasteiger partial charge in [-0.15, -0.1) is 0 Å². The fourth-order valence-corrected chi connectivity index (χ4v) is 2.07. The number of rotatable bonds is 4. The molecule has 0 bridgehead atoms. The number of pyridine rings is 1. The Balaban J connectivity index is 1.80. The van der Waals surface area contributed by atoms with Crippen LogP contribution in [0.15, 0.2) is 53.8 Å². The number of nitrogens with one attached hydrogen (secondary N) is 4. The van der Waals surface area contributed by atoms with Crippen LogP contribution in [0.3, 0.4) is 0 Å². The molecule has 0 unspecified atom stereocenters. The second kappa shape index (κ2) is 9.50. The zero-order valence-electron chi connectivity index (χ0n) is 13.7. The van der Waals surface area contributed by atoms with E-state index in [9.17, 15) is 0 Å². The number of nitrogens with zero attached hydrogens (tertiary/aromatic N) is 2. The van der Waals surface area contributed by atoms with Crippen molar-refractivity contribution >= 4 is 46.1 Å². The zero-order chi connectivity index (χ0) is 18.1. The number of hydrogen-bond donors (Lipinski definition) is 4. The Kier molecular flexibility index (Phi) is 7.05. The van der Waals surface area contributed by atoms with Gasteiger partial charge in [-0.05, 0) is 55.6 Å². The lowest BCUT2D eigenvalue weighted by molar-refractivity contribution is 0.417. The van der Waals surface area contributed by atoms with Crippen LogP contribution < -0.4 is 26.3 Å². The van der Waals surface area contributed by atoms with E-state index in [-0.39, 0.29) is 5.11 Å². The smallest absolute Gasteiger partial charge is 0.205 e. The van der Waals surface area contributed by atoms with E-state index in [4.69, 9.17) is 29.2 Å². The van der Waals surface area contributed by atoms with Gasteiger partial charge in [0.05, 0.1) is 24.2 Å². The van der Waals surface area contributed by atoms with Crippen molar-refractivity contribution in [2.75, 3.05) is 12.4 Å². The van der Waals surface area contributed by atoms with Crippen molar-refractivity contribution in [1.29, 1.82) is 0 Å². The summed E-state index contributed by atoms with van der Waals surface area (Å²) in [5.74, 6) is 0.683. The number of hydrogen-bond acceptors (Lipinski definition) is 5. The monoisotopic (exact) mass is 374 g/mol. The zero-order valence-corrected chi connectivity index (χ0v) is 15.4. The molecule has 0 fully saturated rings. The number of benzene rings is 1. The lowest BCUT2D eigenvalue weighted by Gasteiger charge is -2.14. The van der Waals surface area contributed by atoms with Gasteiger partial charge in [-0.2, -0.15) is 5.10 Å². The van der Waals surface area contributed by atoms with Gasteiger partial charge >= 0.3 is 0 Å². The maximum Gasteiger partial charge on any atom is 0.205 e. The minimum Gasteiger partial charge on any atom is -0.495 e. The van der Waals surface area contributed by atoms with Crippen LogP contribution in [0.1, 0.15) is 12.6 Å². The summed E-state index contributed by atoms with van der Waals surface area (Å²) in [6.45, 7) is 1.83. The molecule has 7 nitrogen and oxygen atoms in total. The van der Waals surface area contributed by atoms with Gasteiger partial charge < -0.3 is 10.1 Å². The van der Waals surface area contributed by atoms with Gasteiger partial charge in [-0.1, -0.05) is 18.2 Å². The van der Waals surface area contributed by atoms with Gasteiger partial charge in [-0.25, -0.2) is 0 Å². The van der Waals surface area contributed by atoms with Crippen LogP contribution in [0, 0.1) is 0 Å². The number of hydrazine groups is 1. The number of para-hydroxylation sites is 2. The molecular weight excluding hydrogens is 356 g/mol. The van der Waals surface area contributed by atoms with Crippen LogP contribution in [0.5, 0.6) is 5.75 Å². The maximum atomic E-state index is 5.25. The van der Waals surface area contributed by atoms with Gasteiger partial charge in [-0.3, -0.25) is 21.3 Å². The van der Waals surface area contributed by atoms with Crippen LogP contribution in [-0.2, 0) is 0 Å². The van der Waals surface area contributed by atoms with Crippen LogP contribution in [-0.4, -0.2) is 28.0 Å². The van der Waals surface area contributed by atoms with Crippen molar-refractivity contribution < 1.29 is 4.74 Å². The minimum absolute atomic E-state index is 0.263. The van der Waals surface area contributed by atoms with Crippen LogP contribution >= 0.6 is 24.4 Å². The lowest BCUT2D eigenvalue weighted by atomic mass is 10.3. The normalized spacial score (nSPS) is 10.6. The molecule has 0 saturated carbocycles. The summed E-state index contributed by atoms with van der Waals surface area (Å²) in [7, 11) is 1.59. The van der Waals surface area contributed by atoms with Gasteiger partial charge in [0.25, 0.3) is 0 Å². The second-order valence-corrected chi connectivity index (χ2v) is 5.57. The second-order valence-electron chi connectivity index (χ2n) is 4.76. The van der Waals surface area contributed by atoms with Crippen molar-refractivity contribution in [3.63, 3.8) is 0 Å². The molecule has 1 aromatic carbocycles. The van der Waals surface area contributed by atoms with E-state index < -0.39 is 0 Å². The Hall–Kier alpha value is -2.78. The first-order valence-corrected chi connectivity index (χ1v) is 8.13. The third-order valence-corrected chi connectivity index (χ3v) is 3.40. The molecule has 0 radical (unpaired) electrons. The van der Waals surface area contributed by atoms with E-state index in [1.54, 1.807) is 13.3 Å². The molecule has 0 atom stereocenters. The Morgan fingerprint density at radius 2 is 1.76 bits per heavy atom. The molecule has 0 aliphatic carbocycles. The summed E-state index contributed by atoms with van der Waals surface area (Å²) < 4.78 is 5.25. The molecule has 2 aromatic rings. The van der Waals surface area contributed by atoms with Gasteiger partial charge in [0.1, 0.15) is 5.75 Å². The lowest BCUT2D eigenvalue weighted by Crippen LogP contribution is -2.47. The van der Waals surface area contributed by atoms with Gasteiger partial charge in [0.2, 0.25) is 5.11 Å². The summed E-state index contributed by atoms with van der Waals surface area (Å²) in [5.41, 5.74) is 10.4. The van der Waals surface area contributed by atoms with Crippen molar-refractivity contribution in [2.45, 2.75) is 6.92 Å². The van der Waals surface area contributed by atoms with E-state index in [0.717, 1.165) is 11.4 Å². The topological polar surface area (TPSA) is 82.6 Å². The summed E-state index contributed by atoms with van der Waals surface area (Å²) in [6.07, 6.45) is 1.70. The highest BCUT2D eigenvalue weighted by Gasteiger charge is 2.04. The molecule has 0 aliphatic rings. The number of anilines is 1. The Labute approximate surface area is 156 Å². The highest BCUT2D eigenvalue weighted by atomic mass is 32.1. The fourth-order valence-electron chi connectivity index (χ4n) is 1.81. The van der Waals surface area contributed by atoms with Gasteiger partial charge in [0.15, 0.2) is 5.11 Å². The van der Waals surface area contributed by atoms with Crippen molar-refractivity contribution in [3.05, 3.63) is 54.4 Å². The predicted molar refractivity (Wildman–Crippen MR) is 108 cm³/mol. The van der Waals surface area contributed by atoms with E-state index in [2.05, 4.69) is 31.7 Å². The molecule has 25 heavy (non-hydrogen) atoms. The van der Waals surface area contributed by atoms with Crippen molar-refractivity contribution in [2.24, 2.45) is 5.10 Å². The first-order chi connectivity index (χ1) is 12.1. The first kappa shape index (κ1) is 18.6. The van der Waals surface area contributed by atoms with E-state index in [1.807, 2.05) is 49.4 Å². The molecule has 4 N–H and O–H groups in total. The fraction of sp³-hybridized carbons (Fsp3) is 0.125.